The molecule has 0 aliphatic rings. The molecule has 10 heteroatoms. The van der Waals surface area contributed by atoms with Gasteiger partial charge >= 0.3 is 12.1 Å². The van der Waals surface area contributed by atoms with Crippen LogP contribution in [0.2, 0.25) is 0 Å². The van der Waals surface area contributed by atoms with Gasteiger partial charge in [-0.1, -0.05) is 36.4 Å². The maximum atomic E-state index is 12.8. The zero-order valence-corrected chi connectivity index (χ0v) is 23.0. The van der Waals surface area contributed by atoms with Crippen molar-refractivity contribution in [3.05, 3.63) is 71.9 Å². The summed E-state index contributed by atoms with van der Waals surface area (Å²) >= 11 is 0. The molecule has 0 saturated heterocycles. The molecule has 2 N–H and O–H groups in total. The van der Waals surface area contributed by atoms with E-state index in [9.17, 15) is 14.4 Å². The Balaban J connectivity index is 1.85. The summed E-state index contributed by atoms with van der Waals surface area (Å²) in [5.41, 5.74) is 2.53. The zero-order chi connectivity index (χ0) is 28.4. The van der Waals surface area contributed by atoms with Crippen LogP contribution < -0.4 is 15.4 Å². The normalized spacial score (nSPS) is 11.8. The fourth-order valence-electron chi connectivity index (χ4n) is 3.81. The standard InChI is InChI=1S/C29H36N4O6/c1-6-37-27(35)17-23(32-26(34)18-30-28(36)39-29(2,3)4)21-12-13-25(38-19-20-10-8-7-9-11-20)22(16-21)24-14-15-31-33(24)5/h7-16,23H,6,17-19H2,1-5H3,(H,30,36)(H,32,34)/t23-/m0/s1. The number of nitrogens with zero attached hydrogens (tertiary/aromatic N) is 2. The lowest BCUT2D eigenvalue weighted by atomic mass is 9.99. The summed E-state index contributed by atoms with van der Waals surface area (Å²) in [6.07, 6.45) is 0.877. The molecule has 3 rings (SSSR count). The van der Waals surface area contributed by atoms with E-state index in [0.29, 0.717) is 17.9 Å². The minimum absolute atomic E-state index is 0.0962. The van der Waals surface area contributed by atoms with Crippen LogP contribution in [0.4, 0.5) is 4.79 Å². The third-order valence-corrected chi connectivity index (χ3v) is 5.54. The van der Waals surface area contributed by atoms with Gasteiger partial charge in [0.05, 0.1) is 24.8 Å². The van der Waals surface area contributed by atoms with E-state index < -0.39 is 29.6 Å². The molecule has 3 aromatic rings. The van der Waals surface area contributed by atoms with Crippen molar-refractivity contribution in [2.75, 3.05) is 13.2 Å². The number of carbonyl (C=O) groups excluding carboxylic acids is 3. The average molecular weight is 537 g/mol. The number of amides is 2. The van der Waals surface area contributed by atoms with E-state index in [-0.39, 0.29) is 19.6 Å². The smallest absolute Gasteiger partial charge is 0.408 e. The third-order valence-electron chi connectivity index (χ3n) is 5.54. The van der Waals surface area contributed by atoms with Crippen molar-refractivity contribution in [2.45, 2.75) is 52.4 Å². The van der Waals surface area contributed by atoms with Crippen LogP contribution in [0.5, 0.6) is 5.75 Å². The molecular formula is C29H36N4O6. The van der Waals surface area contributed by atoms with Crippen LogP contribution >= 0.6 is 0 Å². The van der Waals surface area contributed by atoms with Gasteiger partial charge in [0.2, 0.25) is 5.91 Å². The average Bonchev–Trinajstić information content (AvgIpc) is 3.31. The fraction of sp³-hybridized carbons (Fsp3) is 0.379. The first-order chi connectivity index (χ1) is 18.6. The molecular weight excluding hydrogens is 500 g/mol. The molecule has 208 valence electrons. The Morgan fingerprint density at radius 2 is 1.79 bits per heavy atom. The van der Waals surface area contributed by atoms with E-state index in [4.69, 9.17) is 14.2 Å². The van der Waals surface area contributed by atoms with Gasteiger partial charge in [-0.3, -0.25) is 14.3 Å². The van der Waals surface area contributed by atoms with Crippen LogP contribution in [0, 0.1) is 0 Å². The molecule has 1 heterocycles. The molecule has 0 aliphatic carbocycles. The van der Waals surface area contributed by atoms with Crippen molar-refractivity contribution in [1.29, 1.82) is 0 Å². The number of aryl methyl sites for hydroxylation is 1. The Labute approximate surface area is 228 Å². The molecule has 0 radical (unpaired) electrons. The lowest BCUT2D eigenvalue weighted by molar-refractivity contribution is -0.143. The van der Waals surface area contributed by atoms with Gasteiger partial charge in [-0.05, 0) is 57.0 Å². The highest BCUT2D eigenvalue weighted by Gasteiger charge is 2.23. The first-order valence-corrected chi connectivity index (χ1v) is 12.8. The largest absolute Gasteiger partial charge is 0.488 e. The number of aromatic nitrogens is 2. The Morgan fingerprint density at radius 3 is 2.44 bits per heavy atom. The summed E-state index contributed by atoms with van der Waals surface area (Å²) in [5.74, 6) is -0.324. The highest BCUT2D eigenvalue weighted by atomic mass is 16.6. The number of benzene rings is 2. The minimum Gasteiger partial charge on any atom is -0.488 e. The van der Waals surface area contributed by atoms with Crippen LogP contribution in [0.25, 0.3) is 11.3 Å². The topological polar surface area (TPSA) is 121 Å². The Morgan fingerprint density at radius 1 is 1.05 bits per heavy atom. The first-order valence-electron chi connectivity index (χ1n) is 12.8. The Bertz CT molecular complexity index is 1270. The van der Waals surface area contributed by atoms with E-state index in [1.165, 1.54) is 0 Å². The van der Waals surface area contributed by atoms with Gasteiger partial charge in [0.25, 0.3) is 0 Å². The maximum absolute atomic E-state index is 12.8. The van der Waals surface area contributed by atoms with Crippen molar-refractivity contribution < 1.29 is 28.6 Å². The SMILES string of the molecule is CCOC(=O)C[C@H](NC(=O)CNC(=O)OC(C)(C)C)c1ccc(OCc2ccccc2)c(-c2ccnn2C)c1. The number of rotatable bonds is 11. The number of hydrogen-bond acceptors (Lipinski definition) is 7. The number of hydrogen-bond donors (Lipinski definition) is 2. The van der Waals surface area contributed by atoms with E-state index in [0.717, 1.165) is 16.8 Å². The van der Waals surface area contributed by atoms with Gasteiger partial charge < -0.3 is 24.8 Å². The summed E-state index contributed by atoms with van der Waals surface area (Å²) in [6, 6.07) is 16.4. The van der Waals surface area contributed by atoms with Gasteiger partial charge in [-0.25, -0.2) is 4.79 Å². The summed E-state index contributed by atoms with van der Waals surface area (Å²) in [7, 11) is 1.82. The van der Waals surface area contributed by atoms with Gasteiger partial charge in [-0.15, -0.1) is 0 Å². The molecule has 0 aliphatic heterocycles. The monoisotopic (exact) mass is 536 g/mol. The summed E-state index contributed by atoms with van der Waals surface area (Å²) in [5, 5.41) is 9.55. The highest BCUT2D eigenvalue weighted by molar-refractivity contribution is 5.83. The second-order valence-corrected chi connectivity index (χ2v) is 9.85. The molecule has 0 bridgehead atoms. The number of ether oxygens (including phenoxy) is 3. The van der Waals surface area contributed by atoms with Gasteiger partial charge in [-0.2, -0.15) is 5.10 Å². The van der Waals surface area contributed by atoms with Crippen LogP contribution in [0.1, 0.15) is 51.3 Å². The predicted molar refractivity (Wildman–Crippen MR) is 146 cm³/mol. The Hall–Kier alpha value is -4.34. The number of carbonyl (C=O) groups is 3. The van der Waals surface area contributed by atoms with Crippen molar-refractivity contribution in [1.82, 2.24) is 20.4 Å². The molecule has 1 aromatic heterocycles. The number of alkyl carbamates (subject to hydrolysis) is 1. The van der Waals surface area contributed by atoms with E-state index in [1.54, 1.807) is 44.6 Å². The molecule has 0 spiro atoms. The first kappa shape index (κ1) is 29.2. The maximum Gasteiger partial charge on any atom is 0.408 e. The second-order valence-electron chi connectivity index (χ2n) is 9.85. The van der Waals surface area contributed by atoms with Crippen LogP contribution in [0.15, 0.2) is 60.8 Å². The van der Waals surface area contributed by atoms with Crippen LogP contribution in [0.3, 0.4) is 0 Å². The summed E-state index contributed by atoms with van der Waals surface area (Å²) < 4.78 is 18.2. The van der Waals surface area contributed by atoms with Crippen LogP contribution in [-0.4, -0.2) is 46.5 Å². The summed E-state index contributed by atoms with van der Waals surface area (Å²) in [4.78, 5) is 37.2. The second kappa shape index (κ2) is 13.5. The van der Waals surface area contributed by atoms with E-state index in [1.807, 2.05) is 55.6 Å². The van der Waals surface area contributed by atoms with E-state index >= 15 is 0 Å². The van der Waals surface area contributed by atoms with E-state index in [2.05, 4.69) is 15.7 Å². The third kappa shape index (κ3) is 9.17. The zero-order valence-electron chi connectivity index (χ0n) is 23.0. The molecule has 10 nitrogen and oxygen atoms in total. The van der Waals surface area contributed by atoms with Crippen molar-refractivity contribution in [3.8, 4) is 17.0 Å². The van der Waals surface area contributed by atoms with Crippen molar-refractivity contribution in [2.24, 2.45) is 7.05 Å². The minimum atomic E-state index is -0.716. The number of esters is 1. The molecule has 0 fully saturated rings. The molecule has 0 unspecified atom stereocenters. The van der Waals surface area contributed by atoms with Gasteiger partial charge in [0.1, 0.15) is 24.5 Å². The lowest BCUT2D eigenvalue weighted by Crippen LogP contribution is -2.41. The number of nitrogens with one attached hydrogen (secondary N) is 2. The highest BCUT2D eigenvalue weighted by Crippen LogP contribution is 2.34. The quantitative estimate of drug-likeness (QED) is 0.351. The van der Waals surface area contributed by atoms with Crippen molar-refractivity contribution in [3.63, 3.8) is 0 Å². The van der Waals surface area contributed by atoms with Crippen LogP contribution in [-0.2, 0) is 32.7 Å². The predicted octanol–water partition coefficient (Wildman–Crippen LogP) is 4.30. The molecule has 39 heavy (non-hydrogen) atoms. The Kier molecular flexibility index (Phi) is 10.1. The van der Waals surface area contributed by atoms with Gasteiger partial charge in [0.15, 0.2) is 0 Å². The van der Waals surface area contributed by atoms with Crippen molar-refractivity contribution >= 4 is 18.0 Å². The molecule has 0 saturated carbocycles. The fourth-order valence-corrected chi connectivity index (χ4v) is 3.81. The lowest BCUT2D eigenvalue weighted by Gasteiger charge is -2.22. The molecule has 1 atom stereocenters. The molecule has 2 aromatic carbocycles. The molecule has 2 amide bonds. The summed E-state index contributed by atoms with van der Waals surface area (Å²) in [6.45, 7) is 7.17. The van der Waals surface area contributed by atoms with Gasteiger partial charge in [0, 0.05) is 18.8 Å².